The van der Waals surface area contributed by atoms with Gasteiger partial charge in [0.1, 0.15) is 11.8 Å². The number of nitrogens with two attached hydrogens (primary N) is 1. The smallest absolute Gasteiger partial charge is 0.272 e. The van der Waals surface area contributed by atoms with Crippen LogP contribution in [0.25, 0.3) is 0 Å². The van der Waals surface area contributed by atoms with Gasteiger partial charge in [0, 0.05) is 37.2 Å². The van der Waals surface area contributed by atoms with Gasteiger partial charge in [-0.05, 0) is 37.8 Å². The number of likely N-dealkylation sites (tertiary alicyclic amines) is 1. The number of hydrogen-bond acceptors (Lipinski definition) is 5. The first-order chi connectivity index (χ1) is 13.1. The lowest BCUT2D eigenvalue weighted by Crippen LogP contribution is -2.42. The van der Waals surface area contributed by atoms with Crippen molar-refractivity contribution >= 4 is 11.9 Å². The number of nitrogen functional groups attached to an aromatic ring is 1. The molecule has 1 fully saturated rings. The molecule has 6 nitrogen and oxygen atoms in total. The maximum absolute atomic E-state index is 13.8. The number of para-hydroxylation sites is 1. The molecule has 0 spiro atoms. The minimum absolute atomic E-state index is 0.0911. The van der Waals surface area contributed by atoms with Crippen LogP contribution < -0.4 is 10.5 Å². The summed E-state index contributed by atoms with van der Waals surface area (Å²) in [5.41, 5.74) is 8.13. The molecule has 1 aliphatic heterocycles. The summed E-state index contributed by atoms with van der Waals surface area (Å²) in [4.78, 5) is 23.4. The zero-order valence-electron chi connectivity index (χ0n) is 15.2. The van der Waals surface area contributed by atoms with Crippen LogP contribution in [-0.2, 0) is 12.8 Å². The number of hydrogen-bond donors (Lipinski definition) is 1. The van der Waals surface area contributed by atoms with E-state index < -0.39 is 0 Å². The Bertz CT molecular complexity index is 850. The highest BCUT2D eigenvalue weighted by Gasteiger charge is 2.29. The molecule has 2 heterocycles. The molecule has 0 bridgehead atoms. The van der Waals surface area contributed by atoms with Crippen molar-refractivity contribution < 1.29 is 13.9 Å². The molecule has 27 heavy (non-hydrogen) atoms. The van der Waals surface area contributed by atoms with E-state index in [1.54, 1.807) is 23.1 Å². The Morgan fingerprint density at radius 3 is 2.67 bits per heavy atom. The van der Waals surface area contributed by atoms with Crippen molar-refractivity contribution in [1.29, 1.82) is 0 Å². The van der Waals surface area contributed by atoms with E-state index in [1.807, 2.05) is 0 Å². The Hall–Kier alpha value is -2.70. The molecule has 1 aromatic carbocycles. The fourth-order valence-electron chi connectivity index (χ4n) is 3.84. The first-order valence-corrected chi connectivity index (χ1v) is 9.47. The van der Waals surface area contributed by atoms with Crippen molar-refractivity contribution in [3.8, 4) is 5.75 Å². The normalized spacial score (nSPS) is 17.4. The average Bonchev–Trinajstić information content (AvgIpc) is 2.69. The second kappa shape index (κ2) is 7.50. The SMILES string of the molecule is Nc1nc2c(c(C(=O)N3CCC(Oc4ccccc4F)CC3)n1)CCCC2. The summed E-state index contributed by atoms with van der Waals surface area (Å²) in [7, 11) is 0. The summed E-state index contributed by atoms with van der Waals surface area (Å²) in [6.07, 6.45) is 4.99. The summed E-state index contributed by atoms with van der Waals surface area (Å²) >= 11 is 0. The summed E-state index contributed by atoms with van der Waals surface area (Å²) in [5.74, 6) is -0.0256. The molecule has 4 rings (SSSR count). The van der Waals surface area contributed by atoms with E-state index in [9.17, 15) is 9.18 Å². The molecule has 2 aliphatic rings. The number of nitrogens with zero attached hydrogens (tertiary/aromatic N) is 3. The predicted molar refractivity (Wildman–Crippen MR) is 99.0 cm³/mol. The molecule has 0 radical (unpaired) electrons. The maximum Gasteiger partial charge on any atom is 0.272 e. The first-order valence-electron chi connectivity index (χ1n) is 9.47. The van der Waals surface area contributed by atoms with E-state index in [-0.39, 0.29) is 29.5 Å². The van der Waals surface area contributed by atoms with Crippen molar-refractivity contribution in [3.63, 3.8) is 0 Å². The Kier molecular flexibility index (Phi) is 4.92. The Morgan fingerprint density at radius 1 is 1.15 bits per heavy atom. The lowest BCUT2D eigenvalue weighted by Gasteiger charge is -2.32. The largest absolute Gasteiger partial charge is 0.487 e. The molecular weight excluding hydrogens is 347 g/mol. The van der Waals surface area contributed by atoms with Gasteiger partial charge in [0.25, 0.3) is 5.91 Å². The fraction of sp³-hybridized carbons (Fsp3) is 0.450. The van der Waals surface area contributed by atoms with E-state index in [0.29, 0.717) is 31.6 Å². The summed E-state index contributed by atoms with van der Waals surface area (Å²) in [6, 6.07) is 6.40. The number of halogens is 1. The molecule has 1 saturated heterocycles. The van der Waals surface area contributed by atoms with E-state index >= 15 is 0 Å². The van der Waals surface area contributed by atoms with Crippen LogP contribution in [-0.4, -0.2) is 40.0 Å². The van der Waals surface area contributed by atoms with Crippen LogP contribution in [0.5, 0.6) is 5.75 Å². The monoisotopic (exact) mass is 370 g/mol. The molecule has 7 heteroatoms. The Balaban J connectivity index is 1.43. The second-order valence-electron chi connectivity index (χ2n) is 7.10. The van der Waals surface area contributed by atoms with Gasteiger partial charge < -0.3 is 15.4 Å². The van der Waals surface area contributed by atoms with E-state index in [0.717, 1.165) is 36.9 Å². The second-order valence-corrected chi connectivity index (χ2v) is 7.10. The number of benzene rings is 1. The first kappa shape index (κ1) is 17.7. The number of anilines is 1. The topological polar surface area (TPSA) is 81.3 Å². The van der Waals surface area contributed by atoms with Gasteiger partial charge >= 0.3 is 0 Å². The molecule has 0 saturated carbocycles. The minimum atomic E-state index is -0.362. The number of fused-ring (bicyclic) bond motifs is 1. The number of rotatable bonds is 3. The molecule has 1 amide bonds. The highest BCUT2D eigenvalue weighted by molar-refractivity contribution is 5.94. The molecule has 1 aromatic heterocycles. The van der Waals surface area contributed by atoms with Crippen LogP contribution in [0.2, 0.25) is 0 Å². The van der Waals surface area contributed by atoms with E-state index in [4.69, 9.17) is 10.5 Å². The lowest BCUT2D eigenvalue weighted by atomic mass is 9.94. The highest BCUT2D eigenvalue weighted by Crippen LogP contribution is 2.26. The van der Waals surface area contributed by atoms with Crippen molar-refractivity contribution in [2.45, 2.75) is 44.6 Å². The zero-order valence-corrected chi connectivity index (χ0v) is 15.2. The van der Waals surface area contributed by atoms with Crippen LogP contribution in [0.1, 0.15) is 47.4 Å². The van der Waals surface area contributed by atoms with Crippen molar-refractivity contribution in [1.82, 2.24) is 14.9 Å². The van der Waals surface area contributed by atoms with Crippen LogP contribution >= 0.6 is 0 Å². The van der Waals surface area contributed by atoms with Gasteiger partial charge in [-0.3, -0.25) is 4.79 Å². The fourth-order valence-corrected chi connectivity index (χ4v) is 3.84. The number of aryl methyl sites for hydroxylation is 1. The summed E-state index contributed by atoms with van der Waals surface area (Å²) < 4.78 is 19.5. The minimum Gasteiger partial charge on any atom is -0.487 e. The van der Waals surface area contributed by atoms with E-state index in [1.165, 1.54) is 6.07 Å². The van der Waals surface area contributed by atoms with Crippen LogP contribution in [0, 0.1) is 5.82 Å². The number of aromatic nitrogens is 2. The van der Waals surface area contributed by atoms with Crippen molar-refractivity contribution in [2.24, 2.45) is 0 Å². The van der Waals surface area contributed by atoms with E-state index in [2.05, 4.69) is 9.97 Å². The van der Waals surface area contributed by atoms with Gasteiger partial charge in [0.2, 0.25) is 5.95 Å². The summed E-state index contributed by atoms with van der Waals surface area (Å²) in [6.45, 7) is 1.10. The van der Waals surface area contributed by atoms with Crippen molar-refractivity contribution in [3.05, 3.63) is 47.0 Å². The van der Waals surface area contributed by atoms with Gasteiger partial charge in [-0.2, -0.15) is 0 Å². The van der Waals surface area contributed by atoms with Crippen molar-refractivity contribution in [2.75, 3.05) is 18.8 Å². The average molecular weight is 370 g/mol. The van der Waals surface area contributed by atoms with Crippen LogP contribution in [0.3, 0.4) is 0 Å². The lowest BCUT2D eigenvalue weighted by molar-refractivity contribution is 0.0581. The predicted octanol–water partition coefficient (Wildman–Crippen LogP) is 2.76. The number of ether oxygens (including phenoxy) is 1. The van der Waals surface area contributed by atoms with Crippen LogP contribution in [0.4, 0.5) is 10.3 Å². The standard InChI is InChI=1S/C20H23FN4O2/c21-15-6-2-4-8-17(15)27-13-9-11-25(12-10-13)19(26)18-14-5-1-3-7-16(14)23-20(22)24-18/h2,4,6,8,13H,1,3,5,7,9-12H2,(H2,22,23,24). The molecule has 0 unspecified atom stereocenters. The maximum atomic E-state index is 13.8. The van der Waals surface area contributed by atoms with Crippen LogP contribution in [0.15, 0.2) is 24.3 Å². The molecular formula is C20H23FN4O2. The Labute approximate surface area is 157 Å². The van der Waals surface area contributed by atoms with Gasteiger partial charge in [-0.1, -0.05) is 12.1 Å². The molecule has 0 atom stereocenters. The highest BCUT2D eigenvalue weighted by atomic mass is 19.1. The number of piperidine rings is 1. The molecule has 142 valence electrons. The zero-order chi connectivity index (χ0) is 18.8. The number of carbonyl (C=O) groups excluding carboxylic acids is 1. The summed E-state index contributed by atoms with van der Waals surface area (Å²) in [5, 5.41) is 0. The van der Waals surface area contributed by atoms with Gasteiger partial charge in [0.05, 0.1) is 0 Å². The van der Waals surface area contributed by atoms with Gasteiger partial charge in [-0.25, -0.2) is 14.4 Å². The third-order valence-electron chi connectivity index (χ3n) is 5.26. The molecule has 2 N–H and O–H groups in total. The van der Waals surface area contributed by atoms with Gasteiger partial charge in [-0.15, -0.1) is 0 Å². The Morgan fingerprint density at radius 2 is 1.89 bits per heavy atom. The molecule has 1 aliphatic carbocycles. The van der Waals surface area contributed by atoms with Gasteiger partial charge in [0.15, 0.2) is 11.6 Å². The number of carbonyl (C=O) groups is 1. The molecule has 2 aromatic rings. The third kappa shape index (κ3) is 3.72. The number of amides is 1. The quantitative estimate of drug-likeness (QED) is 0.898. The third-order valence-corrected chi connectivity index (χ3v) is 5.26.